The van der Waals surface area contributed by atoms with Gasteiger partial charge >= 0.3 is 0 Å². The van der Waals surface area contributed by atoms with Crippen LogP contribution in [-0.2, 0) is 20.8 Å². The SMILES string of the molecule is Cc1ccccc1N1CCN(C(=O)C(Cc2ccc3ccccc3c2)NC(=O)C2C[C@@H](O)CN2C(=O)COc2ccccc2O)CC1. The summed E-state index contributed by atoms with van der Waals surface area (Å²) in [4.78, 5) is 46.5. The summed E-state index contributed by atoms with van der Waals surface area (Å²) in [7, 11) is 0. The first-order chi connectivity index (χ1) is 22.8. The first-order valence-electron chi connectivity index (χ1n) is 16.0. The minimum Gasteiger partial charge on any atom is -0.504 e. The van der Waals surface area contributed by atoms with Gasteiger partial charge in [0, 0.05) is 51.3 Å². The number of carbonyl (C=O) groups excluding carboxylic acids is 3. The average molecular weight is 637 g/mol. The molecule has 2 aliphatic heterocycles. The smallest absolute Gasteiger partial charge is 0.261 e. The summed E-state index contributed by atoms with van der Waals surface area (Å²) in [6.07, 6.45) is -0.586. The molecule has 2 saturated heterocycles. The van der Waals surface area contributed by atoms with Crippen molar-refractivity contribution in [3.8, 4) is 11.5 Å². The molecule has 3 atom stereocenters. The lowest BCUT2D eigenvalue weighted by Gasteiger charge is -2.38. The second-order valence-electron chi connectivity index (χ2n) is 12.3. The Morgan fingerprint density at radius 1 is 0.894 bits per heavy atom. The van der Waals surface area contributed by atoms with Gasteiger partial charge in [-0.25, -0.2) is 0 Å². The molecule has 47 heavy (non-hydrogen) atoms. The number of ether oxygens (including phenoxy) is 1. The number of likely N-dealkylation sites (tertiary alicyclic amines) is 1. The van der Waals surface area contributed by atoms with Gasteiger partial charge in [-0.15, -0.1) is 0 Å². The fourth-order valence-corrected chi connectivity index (χ4v) is 6.52. The van der Waals surface area contributed by atoms with Crippen molar-refractivity contribution in [3.05, 3.63) is 102 Å². The fourth-order valence-electron chi connectivity index (χ4n) is 6.52. The summed E-state index contributed by atoms with van der Waals surface area (Å²) in [6, 6.07) is 26.6. The number of amides is 3. The van der Waals surface area contributed by atoms with Crippen molar-refractivity contribution in [2.24, 2.45) is 0 Å². The minimum absolute atomic E-state index is 0.0365. The molecule has 2 unspecified atom stereocenters. The van der Waals surface area contributed by atoms with E-state index < -0.39 is 36.6 Å². The maximum Gasteiger partial charge on any atom is 0.261 e. The summed E-state index contributed by atoms with van der Waals surface area (Å²) in [6.45, 7) is 3.97. The van der Waals surface area contributed by atoms with Crippen LogP contribution in [0.4, 0.5) is 5.69 Å². The van der Waals surface area contributed by atoms with Crippen LogP contribution >= 0.6 is 0 Å². The fraction of sp³-hybridized carbons (Fsp3) is 0.324. The van der Waals surface area contributed by atoms with Crippen LogP contribution < -0.4 is 15.0 Å². The van der Waals surface area contributed by atoms with Gasteiger partial charge in [0.2, 0.25) is 11.8 Å². The number of nitrogens with zero attached hydrogens (tertiary/aromatic N) is 3. The minimum atomic E-state index is -0.977. The molecule has 0 radical (unpaired) electrons. The summed E-state index contributed by atoms with van der Waals surface area (Å²) in [5.41, 5.74) is 3.23. The molecule has 2 fully saturated rings. The first kappa shape index (κ1) is 31.9. The van der Waals surface area contributed by atoms with Gasteiger partial charge in [-0.1, -0.05) is 72.8 Å². The second-order valence-corrected chi connectivity index (χ2v) is 12.3. The lowest BCUT2D eigenvalue weighted by molar-refractivity contribution is -0.142. The molecule has 0 saturated carbocycles. The van der Waals surface area contributed by atoms with Crippen LogP contribution in [0.1, 0.15) is 17.5 Å². The number of phenols is 1. The zero-order chi connectivity index (χ0) is 32.9. The van der Waals surface area contributed by atoms with E-state index in [1.54, 1.807) is 17.0 Å². The van der Waals surface area contributed by atoms with Crippen LogP contribution in [-0.4, -0.2) is 95.3 Å². The maximum absolute atomic E-state index is 14.1. The number of aromatic hydroxyl groups is 1. The molecule has 0 aliphatic carbocycles. The quantitative estimate of drug-likeness (QED) is 0.258. The molecular weight excluding hydrogens is 596 g/mol. The van der Waals surface area contributed by atoms with Crippen LogP contribution in [0.5, 0.6) is 11.5 Å². The first-order valence-corrected chi connectivity index (χ1v) is 16.0. The number of hydrogen-bond donors (Lipinski definition) is 3. The number of anilines is 1. The highest BCUT2D eigenvalue weighted by Crippen LogP contribution is 2.26. The molecule has 4 aromatic rings. The highest BCUT2D eigenvalue weighted by atomic mass is 16.5. The van der Waals surface area contributed by atoms with Crippen LogP contribution in [0.15, 0.2) is 91.0 Å². The number of piperazine rings is 1. The molecule has 4 aromatic carbocycles. The summed E-state index contributed by atoms with van der Waals surface area (Å²) in [5.74, 6) is -1.16. The maximum atomic E-state index is 14.1. The Kier molecular flexibility index (Phi) is 9.58. The van der Waals surface area contributed by atoms with E-state index in [0.29, 0.717) is 26.2 Å². The predicted molar refractivity (Wildman–Crippen MR) is 179 cm³/mol. The number of para-hydroxylation sites is 3. The molecule has 2 heterocycles. The van der Waals surface area contributed by atoms with Crippen molar-refractivity contribution >= 4 is 34.2 Å². The molecule has 0 aromatic heterocycles. The van der Waals surface area contributed by atoms with Crippen molar-refractivity contribution in [1.82, 2.24) is 15.1 Å². The topological polar surface area (TPSA) is 123 Å². The normalized spacial score (nSPS) is 18.6. The molecule has 0 spiro atoms. The van der Waals surface area contributed by atoms with Crippen LogP contribution in [0.2, 0.25) is 0 Å². The number of rotatable bonds is 9. The van der Waals surface area contributed by atoms with E-state index in [9.17, 15) is 24.6 Å². The summed E-state index contributed by atoms with van der Waals surface area (Å²) >= 11 is 0. The van der Waals surface area contributed by atoms with Crippen LogP contribution in [0.3, 0.4) is 0 Å². The third kappa shape index (κ3) is 7.33. The third-order valence-corrected chi connectivity index (χ3v) is 9.03. The van der Waals surface area contributed by atoms with Crippen LogP contribution in [0, 0.1) is 6.92 Å². The Bertz CT molecular complexity index is 1750. The van der Waals surface area contributed by atoms with Gasteiger partial charge < -0.3 is 35.0 Å². The number of aryl methyl sites for hydroxylation is 1. The number of hydrogen-bond acceptors (Lipinski definition) is 7. The number of fused-ring (bicyclic) bond motifs is 1. The Morgan fingerprint density at radius 3 is 2.36 bits per heavy atom. The lowest BCUT2D eigenvalue weighted by Crippen LogP contribution is -2.58. The van der Waals surface area contributed by atoms with Crippen molar-refractivity contribution in [1.29, 1.82) is 0 Å². The molecule has 244 valence electrons. The number of β-amino-alcohol motifs (C(OH)–C–C–N with tert-alkyl or cyclic N) is 1. The monoisotopic (exact) mass is 636 g/mol. The Labute approximate surface area is 274 Å². The van der Waals surface area contributed by atoms with Crippen molar-refractivity contribution in [2.75, 3.05) is 44.2 Å². The largest absolute Gasteiger partial charge is 0.504 e. The van der Waals surface area contributed by atoms with Crippen molar-refractivity contribution in [2.45, 2.75) is 38.0 Å². The summed E-state index contributed by atoms with van der Waals surface area (Å²) < 4.78 is 5.52. The van der Waals surface area contributed by atoms with Gasteiger partial charge in [-0.05, 0) is 47.0 Å². The van der Waals surface area contributed by atoms with Crippen LogP contribution in [0.25, 0.3) is 10.8 Å². The zero-order valence-corrected chi connectivity index (χ0v) is 26.4. The predicted octanol–water partition coefficient (Wildman–Crippen LogP) is 3.27. The lowest BCUT2D eigenvalue weighted by atomic mass is 10.00. The molecule has 10 heteroatoms. The molecule has 2 aliphatic rings. The molecule has 3 amide bonds. The van der Waals surface area contributed by atoms with E-state index >= 15 is 0 Å². The third-order valence-electron chi connectivity index (χ3n) is 9.03. The molecule has 10 nitrogen and oxygen atoms in total. The second kappa shape index (κ2) is 14.1. The highest BCUT2D eigenvalue weighted by Gasteiger charge is 2.41. The van der Waals surface area contributed by atoms with Gasteiger partial charge in [-0.2, -0.15) is 0 Å². The van der Waals surface area contributed by atoms with Gasteiger partial charge in [0.25, 0.3) is 5.91 Å². The number of aliphatic hydroxyl groups excluding tert-OH is 1. The van der Waals surface area contributed by atoms with Gasteiger partial charge in [0.1, 0.15) is 12.1 Å². The molecule has 3 N–H and O–H groups in total. The Morgan fingerprint density at radius 2 is 1.60 bits per heavy atom. The number of carbonyl (C=O) groups is 3. The number of benzene rings is 4. The molecule has 0 bridgehead atoms. The molecular formula is C37H40N4O6. The standard InChI is InChI=1S/C37H40N4O6/c1-25-8-2-5-11-31(25)39-16-18-40(19-17-39)37(46)30(21-26-14-15-27-9-3-4-10-28(27)20-26)38-36(45)32-22-29(42)23-41(32)35(44)24-47-34-13-7-6-12-33(34)43/h2-15,20,29-30,32,42-43H,16-19,21-24H2,1H3,(H,38,45)/t29-,30?,32?/m1/s1. The number of phenolic OH excluding ortho intramolecular Hbond substituents is 1. The van der Waals surface area contributed by atoms with Gasteiger partial charge in [0.05, 0.1) is 6.10 Å². The number of nitrogens with one attached hydrogen (secondary N) is 1. The van der Waals surface area contributed by atoms with E-state index in [1.807, 2.05) is 54.6 Å². The van der Waals surface area contributed by atoms with Crippen molar-refractivity contribution in [3.63, 3.8) is 0 Å². The van der Waals surface area contributed by atoms with Gasteiger partial charge in [-0.3, -0.25) is 14.4 Å². The van der Waals surface area contributed by atoms with Gasteiger partial charge in [0.15, 0.2) is 18.1 Å². The van der Waals surface area contributed by atoms with E-state index in [0.717, 1.165) is 22.0 Å². The Balaban J connectivity index is 1.18. The van der Waals surface area contributed by atoms with Crippen molar-refractivity contribution < 1.29 is 29.3 Å². The average Bonchev–Trinajstić information content (AvgIpc) is 3.49. The zero-order valence-electron chi connectivity index (χ0n) is 26.4. The van der Waals surface area contributed by atoms with E-state index in [4.69, 9.17) is 4.74 Å². The number of aliphatic hydroxyl groups is 1. The van der Waals surface area contributed by atoms with E-state index in [1.165, 1.54) is 22.6 Å². The van der Waals surface area contributed by atoms with E-state index in [-0.39, 0.29) is 36.8 Å². The molecule has 6 rings (SSSR count). The summed E-state index contributed by atoms with van der Waals surface area (Å²) in [5, 5.41) is 25.6. The highest BCUT2D eigenvalue weighted by molar-refractivity contribution is 5.93. The van der Waals surface area contributed by atoms with E-state index in [2.05, 4.69) is 29.3 Å². The Hall–Kier alpha value is -5.09.